The van der Waals surface area contributed by atoms with Gasteiger partial charge in [0.05, 0.1) is 5.69 Å². The van der Waals surface area contributed by atoms with E-state index in [2.05, 4.69) is 10.3 Å². The number of rotatable bonds is 3. The fourth-order valence-electron chi connectivity index (χ4n) is 2.78. The Kier molecular flexibility index (Phi) is 4.28. The van der Waals surface area contributed by atoms with Gasteiger partial charge >= 0.3 is 0 Å². The Morgan fingerprint density at radius 3 is 2.21 bits per heavy atom. The molecule has 0 bridgehead atoms. The number of nitrogens with zero attached hydrogens (tertiary/aromatic N) is 5. The van der Waals surface area contributed by atoms with E-state index in [1.54, 1.807) is 28.6 Å². The molecule has 0 spiro atoms. The van der Waals surface area contributed by atoms with Crippen LogP contribution in [-0.4, -0.2) is 57.8 Å². The molecule has 1 aromatic carbocycles. The molecule has 0 saturated carbocycles. The van der Waals surface area contributed by atoms with Crippen LogP contribution < -0.4 is 4.90 Å². The summed E-state index contributed by atoms with van der Waals surface area (Å²) in [5, 5.41) is 8.06. The average molecular weight is 331 g/mol. The predicted molar refractivity (Wildman–Crippen MR) is 85.8 cm³/mol. The molecule has 0 N–H and O–H groups in total. The molecule has 1 aliphatic heterocycles. The number of Topliss-reactive ketones (excluding diaryl/α,β-unsaturated/α-hetero) is 1. The van der Waals surface area contributed by atoms with E-state index in [-0.39, 0.29) is 23.2 Å². The van der Waals surface area contributed by atoms with E-state index in [9.17, 15) is 14.0 Å². The Bertz CT molecular complexity index is 763. The number of ketones is 1. The number of carbonyl (C=O) groups is 2. The number of halogens is 1. The average Bonchev–Trinajstić information content (AvgIpc) is 3.01. The van der Waals surface area contributed by atoms with Gasteiger partial charge in [0.1, 0.15) is 5.82 Å². The van der Waals surface area contributed by atoms with Crippen LogP contribution in [0.2, 0.25) is 0 Å². The minimum Gasteiger partial charge on any atom is -0.351 e. The second-order valence-electron chi connectivity index (χ2n) is 5.70. The van der Waals surface area contributed by atoms with E-state index in [0.29, 0.717) is 37.7 Å². The molecule has 1 aliphatic rings. The first-order chi connectivity index (χ1) is 11.5. The van der Waals surface area contributed by atoms with Gasteiger partial charge < -0.3 is 9.80 Å². The highest BCUT2D eigenvalue weighted by molar-refractivity contribution is 5.97. The molecular weight excluding hydrogens is 313 g/mol. The number of anilines is 1. The normalized spacial score (nSPS) is 14.8. The highest BCUT2D eigenvalue weighted by Gasteiger charge is 2.27. The van der Waals surface area contributed by atoms with E-state index in [1.165, 1.54) is 19.1 Å². The first-order valence-corrected chi connectivity index (χ1v) is 7.70. The molecule has 2 heterocycles. The fourth-order valence-corrected chi connectivity index (χ4v) is 2.78. The molecule has 126 valence electrons. The Hall–Kier alpha value is -2.77. The van der Waals surface area contributed by atoms with Crippen molar-refractivity contribution in [3.63, 3.8) is 0 Å². The lowest BCUT2D eigenvalue weighted by molar-refractivity contribution is -0.129. The number of hydrogen-bond donors (Lipinski definition) is 0. The van der Waals surface area contributed by atoms with Crippen molar-refractivity contribution >= 4 is 17.5 Å². The van der Waals surface area contributed by atoms with Crippen LogP contribution in [0.4, 0.5) is 10.2 Å². The van der Waals surface area contributed by atoms with Crippen LogP contribution in [0.25, 0.3) is 5.69 Å². The van der Waals surface area contributed by atoms with Crippen molar-refractivity contribution in [2.45, 2.75) is 13.8 Å². The van der Waals surface area contributed by atoms with Gasteiger partial charge in [-0.15, -0.1) is 5.10 Å². The lowest BCUT2D eigenvalue weighted by atomic mass is 10.2. The number of carbonyl (C=O) groups excluding carboxylic acids is 2. The zero-order valence-electron chi connectivity index (χ0n) is 13.6. The molecule has 1 fully saturated rings. The Morgan fingerprint density at radius 1 is 1.04 bits per heavy atom. The Balaban J connectivity index is 1.96. The third kappa shape index (κ3) is 2.99. The minimum absolute atomic E-state index is 0.0339. The molecule has 3 rings (SSSR count). The molecule has 1 aromatic heterocycles. The highest BCUT2D eigenvalue weighted by Crippen LogP contribution is 2.24. The van der Waals surface area contributed by atoms with Gasteiger partial charge in [0, 0.05) is 40.0 Å². The number of hydrogen-bond acceptors (Lipinski definition) is 5. The van der Waals surface area contributed by atoms with Gasteiger partial charge in [-0.05, 0) is 24.3 Å². The van der Waals surface area contributed by atoms with Crippen LogP contribution in [0.3, 0.4) is 0 Å². The zero-order chi connectivity index (χ0) is 17.3. The first-order valence-electron chi connectivity index (χ1n) is 7.70. The topological polar surface area (TPSA) is 71.3 Å². The second kappa shape index (κ2) is 6.38. The Labute approximate surface area is 138 Å². The first kappa shape index (κ1) is 16.1. The van der Waals surface area contributed by atoms with E-state index in [4.69, 9.17) is 0 Å². The highest BCUT2D eigenvalue weighted by atomic mass is 19.1. The molecule has 0 aliphatic carbocycles. The third-order valence-corrected chi connectivity index (χ3v) is 4.08. The number of aromatic nitrogens is 3. The summed E-state index contributed by atoms with van der Waals surface area (Å²) in [5.41, 5.74) is 0.899. The minimum atomic E-state index is -0.345. The smallest absolute Gasteiger partial charge is 0.219 e. The zero-order valence-corrected chi connectivity index (χ0v) is 13.6. The number of amides is 1. The van der Waals surface area contributed by atoms with Crippen molar-refractivity contribution in [3.05, 3.63) is 35.8 Å². The van der Waals surface area contributed by atoms with Crippen LogP contribution in [0.5, 0.6) is 0 Å². The van der Waals surface area contributed by atoms with Crippen molar-refractivity contribution in [1.29, 1.82) is 0 Å². The summed E-state index contributed by atoms with van der Waals surface area (Å²) in [6, 6.07) is 5.84. The van der Waals surface area contributed by atoms with E-state index < -0.39 is 0 Å². The lowest BCUT2D eigenvalue weighted by Crippen LogP contribution is -2.49. The van der Waals surface area contributed by atoms with E-state index in [1.807, 2.05) is 4.90 Å². The summed E-state index contributed by atoms with van der Waals surface area (Å²) in [6.45, 7) is 5.28. The van der Waals surface area contributed by atoms with Gasteiger partial charge in [-0.3, -0.25) is 9.59 Å². The summed E-state index contributed by atoms with van der Waals surface area (Å²) in [5.74, 6) is 0.0820. The molecule has 8 heteroatoms. The largest absolute Gasteiger partial charge is 0.351 e. The SMILES string of the molecule is CC(=O)c1nnn(-c2ccc(F)cc2)c1N1CCN(C(C)=O)CC1. The summed E-state index contributed by atoms with van der Waals surface area (Å²) in [4.78, 5) is 27.1. The Morgan fingerprint density at radius 2 is 1.67 bits per heavy atom. The standard InChI is InChI=1S/C16H18FN5O2/c1-11(23)15-16(21-9-7-20(8-10-21)12(2)24)22(19-18-15)14-5-3-13(17)4-6-14/h3-6H,7-10H2,1-2H3. The van der Waals surface area contributed by atoms with Gasteiger partial charge in [-0.25, -0.2) is 4.39 Å². The summed E-state index contributed by atoms with van der Waals surface area (Å²) in [6.07, 6.45) is 0. The fraction of sp³-hybridized carbons (Fsp3) is 0.375. The monoisotopic (exact) mass is 331 g/mol. The van der Waals surface area contributed by atoms with Crippen molar-refractivity contribution in [2.24, 2.45) is 0 Å². The number of benzene rings is 1. The van der Waals surface area contributed by atoms with Gasteiger partial charge in [0.2, 0.25) is 5.91 Å². The van der Waals surface area contributed by atoms with E-state index >= 15 is 0 Å². The van der Waals surface area contributed by atoms with Crippen molar-refractivity contribution < 1.29 is 14.0 Å². The van der Waals surface area contributed by atoms with Gasteiger partial charge in [-0.1, -0.05) is 5.21 Å². The van der Waals surface area contributed by atoms with Crippen molar-refractivity contribution in [3.8, 4) is 5.69 Å². The van der Waals surface area contributed by atoms with Crippen LogP contribution in [-0.2, 0) is 4.79 Å². The molecule has 2 aromatic rings. The molecule has 7 nitrogen and oxygen atoms in total. The van der Waals surface area contributed by atoms with Gasteiger partial charge in [0.25, 0.3) is 0 Å². The van der Waals surface area contributed by atoms with Gasteiger partial charge in [0.15, 0.2) is 17.3 Å². The molecular formula is C16H18FN5O2. The lowest BCUT2D eigenvalue weighted by Gasteiger charge is -2.35. The molecule has 0 radical (unpaired) electrons. The molecule has 0 unspecified atom stereocenters. The van der Waals surface area contributed by atoms with Crippen LogP contribution in [0.1, 0.15) is 24.3 Å². The van der Waals surface area contributed by atoms with Crippen LogP contribution >= 0.6 is 0 Å². The maximum Gasteiger partial charge on any atom is 0.219 e. The maximum atomic E-state index is 13.2. The molecule has 24 heavy (non-hydrogen) atoms. The number of piperazine rings is 1. The summed E-state index contributed by atoms with van der Waals surface area (Å²) < 4.78 is 14.7. The summed E-state index contributed by atoms with van der Waals surface area (Å²) >= 11 is 0. The van der Waals surface area contributed by atoms with Crippen molar-refractivity contribution in [1.82, 2.24) is 19.9 Å². The van der Waals surface area contributed by atoms with Crippen LogP contribution in [0, 0.1) is 5.82 Å². The van der Waals surface area contributed by atoms with E-state index in [0.717, 1.165) is 0 Å². The maximum absolute atomic E-state index is 13.2. The quantitative estimate of drug-likeness (QED) is 0.792. The van der Waals surface area contributed by atoms with Gasteiger partial charge in [-0.2, -0.15) is 4.68 Å². The predicted octanol–water partition coefficient (Wildman–Crippen LogP) is 1.28. The second-order valence-corrected chi connectivity index (χ2v) is 5.70. The van der Waals surface area contributed by atoms with Crippen molar-refractivity contribution in [2.75, 3.05) is 31.1 Å². The van der Waals surface area contributed by atoms with Crippen LogP contribution in [0.15, 0.2) is 24.3 Å². The molecule has 1 amide bonds. The molecule has 1 saturated heterocycles. The molecule has 0 atom stereocenters. The summed E-state index contributed by atoms with van der Waals surface area (Å²) in [7, 11) is 0. The third-order valence-electron chi connectivity index (χ3n) is 4.08.